The number of nitrogens with zero attached hydrogens (tertiary/aromatic N) is 2. The van der Waals surface area contributed by atoms with E-state index in [-0.39, 0.29) is 10.8 Å². The normalized spacial score (nSPS) is 23.3. The van der Waals surface area contributed by atoms with Gasteiger partial charge in [-0.25, -0.2) is 8.42 Å². The van der Waals surface area contributed by atoms with Crippen LogP contribution in [-0.2, 0) is 10.0 Å². The molecule has 0 bridgehead atoms. The van der Waals surface area contributed by atoms with Crippen molar-refractivity contribution in [1.29, 1.82) is 0 Å². The second-order valence-electron chi connectivity index (χ2n) is 7.82. The molecule has 150 valence electrons. The molecule has 1 amide bonds. The zero-order valence-electron chi connectivity index (χ0n) is 16.8. The summed E-state index contributed by atoms with van der Waals surface area (Å²) in [5.41, 5.74) is 1.38. The molecule has 6 heteroatoms. The zero-order chi connectivity index (χ0) is 19.6. The number of amides is 1. The Morgan fingerprint density at radius 3 is 2.48 bits per heavy atom. The predicted octanol–water partition coefficient (Wildman–Crippen LogP) is 3.82. The van der Waals surface area contributed by atoms with E-state index in [1.54, 1.807) is 18.2 Å². The molecular weight excluding hydrogens is 360 g/mol. The summed E-state index contributed by atoms with van der Waals surface area (Å²) in [4.78, 5) is 15.6. The van der Waals surface area contributed by atoms with Gasteiger partial charge in [0.05, 0.1) is 4.90 Å². The van der Waals surface area contributed by atoms with Crippen molar-refractivity contribution in [2.24, 2.45) is 5.92 Å². The number of rotatable bonds is 5. The number of hydrogen-bond acceptors (Lipinski definition) is 3. The van der Waals surface area contributed by atoms with Gasteiger partial charge in [0.2, 0.25) is 10.0 Å². The summed E-state index contributed by atoms with van der Waals surface area (Å²) in [6, 6.07) is 5.31. The van der Waals surface area contributed by atoms with Gasteiger partial charge in [0.25, 0.3) is 5.91 Å². The molecule has 1 aliphatic heterocycles. The number of fused-ring (bicyclic) bond motifs is 1. The van der Waals surface area contributed by atoms with Crippen molar-refractivity contribution in [3.8, 4) is 0 Å². The topological polar surface area (TPSA) is 57.7 Å². The van der Waals surface area contributed by atoms with Crippen LogP contribution in [0.5, 0.6) is 0 Å². The Balaban J connectivity index is 1.93. The van der Waals surface area contributed by atoms with Crippen LogP contribution < -0.4 is 0 Å². The van der Waals surface area contributed by atoms with Gasteiger partial charge < -0.3 is 4.90 Å². The fraction of sp³-hybridized carbons (Fsp3) is 0.667. The molecule has 1 aromatic rings. The van der Waals surface area contributed by atoms with Crippen LogP contribution in [0.3, 0.4) is 0 Å². The van der Waals surface area contributed by atoms with Gasteiger partial charge in [-0.2, -0.15) is 4.31 Å². The molecule has 0 radical (unpaired) electrons. The Morgan fingerprint density at radius 2 is 1.78 bits per heavy atom. The maximum atomic E-state index is 13.4. The van der Waals surface area contributed by atoms with Gasteiger partial charge in [-0.05, 0) is 56.2 Å². The minimum Gasteiger partial charge on any atom is -0.335 e. The molecule has 2 unspecified atom stereocenters. The largest absolute Gasteiger partial charge is 0.335 e. The molecular formula is C21H32N2O3S. The molecule has 3 rings (SSSR count). The molecule has 5 nitrogen and oxygen atoms in total. The third-order valence-electron chi connectivity index (χ3n) is 6.29. The molecule has 1 aromatic carbocycles. The smallest absolute Gasteiger partial charge is 0.254 e. The number of piperidine rings is 1. The molecule has 1 saturated carbocycles. The van der Waals surface area contributed by atoms with E-state index in [2.05, 4.69) is 0 Å². The maximum Gasteiger partial charge on any atom is 0.254 e. The summed E-state index contributed by atoms with van der Waals surface area (Å²) in [5.74, 6) is 0.611. The quantitative estimate of drug-likeness (QED) is 0.765. The maximum absolute atomic E-state index is 13.4. The SMILES string of the molecule is CCN(CC)S(=O)(=O)c1ccc(C)c(C(=O)N2CCCC3CCCCC32)c1. The van der Waals surface area contributed by atoms with Crippen molar-refractivity contribution in [1.82, 2.24) is 9.21 Å². The molecule has 2 aliphatic rings. The number of hydrogen-bond donors (Lipinski definition) is 0. The van der Waals surface area contributed by atoms with E-state index in [1.165, 1.54) is 30.0 Å². The fourth-order valence-corrected chi connectivity index (χ4v) is 6.22. The van der Waals surface area contributed by atoms with Crippen molar-refractivity contribution in [2.45, 2.75) is 70.2 Å². The first kappa shape index (κ1) is 20.3. The van der Waals surface area contributed by atoms with E-state index in [9.17, 15) is 13.2 Å². The minimum absolute atomic E-state index is 0.000645. The average Bonchev–Trinajstić information content (AvgIpc) is 2.68. The lowest BCUT2D eigenvalue weighted by atomic mass is 9.78. The monoisotopic (exact) mass is 392 g/mol. The van der Waals surface area contributed by atoms with E-state index in [4.69, 9.17) is 0 Å². The van der Waals surface area contributed by atoms with Crippen LogP contribution in [-0.4, -0.2) is 49.2 Å². The standard InChI is InChI=1S/C21H32N2O3S/c1-4-22(5-2)27(25,26)18-13-12-16(3)19(15-18)21(24)23-14-8-10-17-9-6-7-11-20(17)23/h12-13,15,17,20H,4-11,14H2,1-3H3. The fourth-order valence-electron chi connectivity index (χ4n) is 4.74. The Kier molecular flexibility index (Phi) is 6.26. The third-order valence-corrected chi connectivity index (χ3v) is 8.33. The third kappa shape index (κ3) is 3.92. The number of benzene rings is 1. The average molecular weight is 393 g/mol. The molecule has 2 fully saturated rings. The van der Waals surface area contributed by atoms with Crippen molar-refractivity contribution < 1.29 is 13.2 Å². The molecule has 1 aliphatic carbocycles. The molecule has 0 spiro atoms. The lowest BCUT2D eigenvalue weighted by Gasteiger charge is -2.44. The first-order valence-electron chi connectivity index (χ1n) is 10.3. The summed E-state index contributed by atoms with van der Waals surface area (Å²) < 4.78 is 27.2. The van der Waals surface area contributed by atoms with Gasteiger partial charge in [-0.1, -0.05) is 32.8 Å². The van der Waals surface area contributed by atoms with Crippen molar-refractivity contribution in [3.05, 3.63) is 29.3 Å². The van der Waals surface area contributed by atoms with Crippen molar-refractivity contribution >= 4 is 15.9 Å². The summed E-state index contributed by atoms with van der Waals surface area (Å²) >= 11 is 0. The highest BCUT2D eigenvalue weighted by Crippen LogP contribution is 2.36. The molecule has 1 saturated heterocycles. The molecule has 27 heavy (non-hydrogen) atoms. The van der Waals surface area contributed by atoms with Gasteiger partial charge in [-0.15, -0.1) is 0 Å². The van der Waals surface area contributed by atoms with E-state index in [1.807, 2.05) is 25.7 Å². The predicted molar refractivity (Wildman–Crippen MR) is 107 cm³/mol. The van der Waals surface area contributed by atoms with Crippen LogP contribution in [0, 0.1) is 12.8 Å². The number of carbonyl (C=O) groups excluding carboxylic acids is 1. The summed E-state index contributed by atoms with van der Waals surface area (Å²) in [6.07, 6.45) is 6.99. The van der Waals surface area contributed by atoms with Gasteiger partial charge in [-0.3, -0.25) is 4.79 Å². The van der Waals surface area contributed by atoms with Crippen LogP contribution in [0.4, 0.5) is 0 Å². The number of likely N-dealkylation sites (tertiary alicyclic amines) is 1. The summed E-state index contributed by atoms with van der Waals surface area (Å²) in [6.45, 7) is 7.18. The van der Waals surface area contributed by atoms with Crippen molar-refractivity contribution in [3.63, 3.8) is 0 Å². The Labute approximate surface area is 163 Å². The molecule has 0 N–H and O–H groups in total. The molecule has 1 heterocycles. The van der Waals surface area contributed by atoms with Crippen LogP contribution in [0.2, 0.25) is 0 Å². The highest BCUT2D eigenvalue weighted by Gasteiger charge is 2.36. The molecule has 0 aromatic heterocycles. The van der Waals surface area contributed by atoms with Crippen LogP contribution in [0.15, 0.2) is 23.1 Å². The lowest BCUT2D eigenvalue weighted by molar-refractivity contribution is 0.0390. The lowest BCUT2D eigenvalue weighted by Crippen LogP contribution is -2.49. The Hall–Kier alpha value is -1.40. The molecule has 2 atom stereocenters. The number of carbonyl (C=O) groups is 1. The van der Waals surface area contributed by atoms with E-state index in [0.29, 0.717) is 30.6 Å². The van der Waals surface area contributed by atoms with E-state index in [0.717, 1.165) is 24.9 Å². The second kappa shape index (κ2) is 8.31. The minimum atomic E-state index is -3.57. The summed E-state index contributed by atoms with van der Waals surface area (Å²) in [7, 11) is -3.57. The van der Waals surface area contributed by atoms with E-state index < -0.39 is 10.0 Å². The first-order valence-corrected chi connectivity index (χ1v) is 11.8. The zero-order valence-corrected chi connectivity index (χ0v) is 17.6. The Bertz CT molecular complexity index is 785. The first-order chi connectivity index (χ1) is 12.9. The van der Waals surface area contributed by atoms with Crippen LogP contribution in [0.1, 0.15) is 68.3 Å². The highest BCUT2D eigenvalue weighted by molar-refractivity contribution is 7.89. The summed E-state index contributed by atoms with van der Waals surface area (Å²) in [5, 5.41) is 0. The number of aryl methyl sites for hydroxylation is 1. The second-order valence-corrected chi connectivity index (χ2v) is 9.76. The van der Waals surface area contributed by atoms with Gasteiger partial charge >= 0.3 is 0 Å². The highest BCUT2D eigenvalue weighted by atomic mass is 32.2. The Morgan fingerprint density at radius 1 is 1.11 bits per heavy atom. The van der Waals surface area contributed by atoms with Gasteiger partial charge in [0, 0.05) is 31.2 Å². The van der Waals surface area contributed by atoms with E-state index >= 15 is 0 Å². The van der Waals surface area contributed by atoms with Crippen molar-refractivity contribution in [2.75, 3.05) is 19.6 Å². The number of sulfonamides is 1. The van der Waals surface area contributed by atoms with Gasteiger partial charge in [0.1, 0.15) is 0 Å². The van der Waals surface area contributed by atoms with Crippen LogP contribution in [0.25, 0.3) is 0 Å². The van der Waals surface area contributed by atoms with Gasteiger partial charge in [0.15, 0.2) is 0 Å². The van der Waals surface area contributed by atoms with Crippen LogP contribution >= 0.6 is 0 Å².